The molecule has 160 valence electrons. The number of rotatable bonds is 7. The number of para-hydroxylation sites is 1. The molecule has 0 aliphatic carbocycles. The molecule has 1 unspecified atom stereocenters. The second kappa shape index (κ2) is 12.2. The number of nitrogens with zero attached hydrogens (tertiary/aromatic N) is 2. The van der Waals surface area contributed by atoms with Gasteiger partial charge in [0.15, 0.2) is 5.96 Å². The fraction of sp³-hybridized carbons (Fsp3) is 0.318. The Labute approximate surface area is 194 Å². The van der Waals surface area contributed by atoms with E-state index in [0.29, 0.717) is 38.4 Å². The van der Waals surface area contributed by atoms with E-state index in [1.54, 1.807) is 11.9 Å². The van der Waals surface area contributed by atoms with Gasteiger partial charge in [0.2, 0.25) is 11.8 Å². The van der Waals surface area contributed by atoms with Crippen molar-refractivity contribution in [3.8, 4) is 0 Å². The van der Waals surface area contributed by atoms with Crippen molar-refractivity contribution in [1.29, 1.82) is 0 Å². The van der Waals surface area contributed by atoms with E-state index in [2.05, 4.69) is 20.9 Å². The summed E-state index contributed by atoms with van der Waals surface area (Å²) in [7, 11) is 1.68. The Hall–Kier alpha value is -2.62. The van der Waals surface area contributed by atoms with E-state index in [1.165, 1.54) is 0 Å². The Balaban J connectivity index is 0.00000320. The van der Waals surface area contributed by atoms with E-state index in [4.69, 9.17) is 0 Å². The van der Waals surface area contributed by atoms with Crippen LogP contribution in [0, 0.1) is 0 Å². The van der Waals surface area contributed by atoms with E-state index in [1.807, 2.05) is 60.7 Å². The van der Waals surface area contributed by atoms with Crippen LogP contribution in [0.2, 0.25) is 0 Å². The molecule has 0 aromatic heterocycles. The number of halogens is 1. The van der Waals surface area contributed by atoms with Crippen molar-refractivity contribution in [3.05, 3.63) is 66.2 Å². The predicted octanol–water partition coefficient (Wildman–Crippen LogP) is 2.28. The molecular formula is C22H28IN5O2. The van der Waals surface area contributed by atoms with Gasteiger partial charge in [0.05, 0.1) is 6.04 Å². The number of carbonyl (C=O) groups is 2. The highest BCUT2D eigenvalue weighted by Crippen LogP contribution is 2.20. The van der Waals surface area contributed by atoms with Crippen LogP contribution in [0.25, 0.3) is 0 Å². The van der Waals surface area contributed by atoms with Gasteiger partial charge in [0, 0.05) is 45.2 Å². The molecule has 3 N–H and O–H groups in total. The molecule has 0 spiro atoms. The Bertz CT molecular complexity index is 845. The lowest BCUT2D eigenvalue weighted by molar-refractivity contribution is -0.121. The van der Waals surface area contributed by atoms with Gasteiger partial charge in [-0.1, -0.05) is 48.5 Å². The highest BCUT2D eigenvalue weighted by atomic mass is 127. The van der Waals surface area contributed by atoms with Crippen molar-refractivity contribution in [2.75, 3.05) is 25.0 Å². The van der Waals surface area contributed by atoms with Gasteiger partial charge in [-0.15, -0.1) is 24.0 Å². The fourth-order valence-electron chi connectivity index (χ4n) is 3.23. The van der Waals surface area contributed by atoms with Crippen molar-refractivity contribution in [2.45, 2.75) is 25.4 Å². The molecule has 30 heavy (non-hydrogen) atoms. The smallest absolute Gasteiger partial charge is 0.229 e. The van der Waals surface area contributed by atoms with Gasteiger partial charge in [-0.2, -0.15) is 0 Å². The molecule has 0 radical (unpaired) electrons. The number of benzene rings is 2. The molecule has 7 nitrogen and oxygen atoms in total. The minimum atomic E-state index is -0.0270. The van der Waals surface area contributed by atoms with Crippen molar-refractivity contribution < 1.29 is 9.59 Å². The van der Waals surface area contributed by atoms with Crippen LogP contribution in [0.1, 0.15) is 18.4 Å². The summed E-state index contributed by atoms with van der Waals surface area (Å²) >= 11 is 0. The summed E-state index contributed by atoms with van der Waals surface area (Å²) in [6.07, 6.45) is 0.750. The first-order valence-corrected chi connectivity index (χ1v) is 9.79. The molecule has 3 rings (SSSR count). The van der Waals surface area contributed by atoms with Crippen molar-refractivity contribution in [2.24, 2.45) is 4.99 Å². The van der Waals surface area contributed by atoms with Gasteiger partial charge < -0.3 is 20.9 Å². The maximum absolute atomic E-state index is 12.3. The Morgan fingerprint density at radius 3 is 2.40 bits per heavy atom. The molecule has 0 bridgehead atoms. The van der Waals surface area contributed by atoms with Crippen molar-refractivity contribution in [3.63, 3.8) is 0 Å². The molecule has 0 saturated carbocycles. The monoisotopic (exact) mass is 521 g/mol. The molecule has 1 heterocycles. The molecule has 1 saturated heterocycles. The minimum Gasteiger partial charge on any atom is -0.356 e. The summed E-state index contributed by atoms with van der Waals surface area (Å²) in [5.41, 5.74) is 1.97. The quantitative estimate of drug-likeness (QED) is 0.297. The molecule has 1 aliphatic heterocycles. The van der Waals surface area contributed by atoms with Crippen molar-refractivity contribution in [1.82, 2.24) is 16.0 Å². The second-order valence-corrected chi connectivity index (χ2v) is 6.90. The van der Waals surface area contributed by atoms with Crippen LogP contribution in [0.15, 0.2) is 65.7 Å². The van der Waals surface area contributed by atoms with E-state index < -0.39 is 0 Å². The highest BCUT2D eigenvalue weighted by Gasteiger charge is 2.30. The molecule has 1 fully saturated rings. The van der Waals surface area contributed by atoms with Crippen LogP contribution in [0.5, 0.6) is 0 Å². The summed E-state index contributed by atoms with van der Waals surface area (Å²) in [6, 6.07) is 19.4. The standard InChI is InChI=1S/C22H27N5O2.HI/c1-23-22(24-13-12-20(28)25-15-17-8-4-2-5-9-17)26-18-14-21(29)27(16-18)19-10-6-3-7-11-19;/h2-11,18H,12-16H2,1H3,(H,25,28)(H2,23,24,26);1H. The first-order chi connectivity index (χ1) is 14.2. The van der Waals surface area contributed by atoms with Crippen LogP contribution in [-0.2, 0) is 16.1 Å². The SMILES string of the molecule is CN=C(NCCC(=O)NCc1ccccc1)NC1CC(=O)N(c2ccccc2)C1.I. The number of hydrogen-bond acceptors (Lipinski definition) is 3. The average molecular weight is 521 g/mol. The third kappa shape index (κ3) is 7.01. The molecular weight excluding hydrogens is 493 g/mol. The van der Waals surface area contributed by atoms with E-state index in [-0.39, 0.29) is 41.8 Å². The van der Waals surface area contributed by atoms with E-state index >= 15 is 0 Å². The third-order valence-electron chi connectivity index (χ3n) is 4.73. The predicted molar refractivity (Wildman–Crippen MR) is 130 cm³/mol. The van der Waals surface area contributed by atoms with Crippen LogP contribution in [0.4, 0.5) is 5.69 Å². The van der Waals surface area contributed by atoms with Crippen LogP contribution >= 0.6 is 24.0 Å². The minimum absolute atomic E-state index is 0. The first-order valence-electron chi connectivity index (χ1n) is 9.79. The molecule has 1 atom stereocenters. The average Bonchev–Trinajstić information content (AvgIpc) is 3.13. The van der Waals surface area contributed by atoms with Gasteiger partial charge in [0.25, 0.3) is 0 Å². The van der Waals surface area contributed by atoms with Gasteiger partial charge in [-0.3, -0.25) is 14.6 Å². The summed E-state index contributed by atoms with van der Waals surface area (Å²) in [5, 5.41) is 9.32. The zero-order valence-electron chi connectivity index (χ0n) is 17.0. The zero-order valence-corrected chi connectivity index (χ0v) is 19.3. The first kappa shape index (κ1) is 23.7. The van der Waals surface area contributed by atoms with Crippen LogP contribution in [0.3, 0.4) is 0 Å². The lowest BCUT2D eigenvalue weighted by atomic mass is 10.2. The number of nitrogens with one attached hydrogen (secondary N) is 3. The summed E-state index contributed by atoms with van der Waals surface area (Å²) in [6.45, 7) is 1.57. The van der Waals surface area contributed by atoms with Crippen molar-refractivity contribution >= 4 is 47.4 Å². The van der Waals surface area contributed by atoms with Gasteiger partial charge >= 0.3 is 0 Å². The van der Waals surface area contributed by atoms with E-state index in [0.717, 1.165) is 11.3 Å². The lowest BCUT2D eigenvalue weighted by Gasteiger charge is -2.19. The number of hydrogen-bond donors (Lipinski definition) is 3. The van der Waals surface area contributed by atoms with Crippen LogP contribution in [-0.4, -0.2) is 44.0 Å². The summed E-state index contributed by atoms with van der Waals surface area (Å²) in [4.78, 5) is 30.3. The van der Waals surface area contributed by atoms with Gasteiger partial charge in [-0.25, -0.2) is 0 Å². The topological polar surface area (TPSA) is 85.8 Å². The molecule has 8 heteroatoms. The Kier molecular flexibility index (Phi) is 9.59. The Morgan fingerprint density at radius 1 is 1.07 bits per heavy atom. The number of carbonyl (C=O) groups excluding carboxylic acids is 2. The molecule has 1 aliphatic rings. The molecule has 2 aromatic carbocycles. The van der Waals surface area contributed by atoms with Gasteiger partial charge in [-0.05, 0) is 17.7 Å². The lowest BCUT2D eigenvalue weighted by Crippen LogP contribution is -2.45. The number of amides is 2. The summed E-state index contributed by atoms with van der Waals surface area (Å²) in [5.74, 6) is 0.654. The maximum atomic E-state index is 12.3. The Morgan fingerprint density at radius 2 is 1.73 bits per heavy atom. The molecule has 2 aromatic rings. The molecule has 2 amide bonds. The number of guanidine groups is 1. The third-order valence-corrected chi connectivity index (χ3v) is 4.73. The number of anilines is 1. The maximum Gasteiger partial charge on any atom is 0.229 e. The normalized spacial score (nSPS) is 16.0. The highest BCUT2D eigenvalue weighted by molar-refractivity contribution is 14.0. The summed E-state index contributed by atoms with van der Waals surface area (Å²) < 4.78 is 0. The van der Waals surface area contributed by atoms with Gasteiger partial charge in [0.1, 0.15) is 0 Å². The number of aliphatic imine (C=N–C) groups is 1. The van der Waals surface area contributed by atoms with Crippen LogP contribution < -0.4 is 20.9 Å². The van der Waals surface area contributed by atoms with E-state index in [9.17, 15) is 9.59 Å². The fourth-order valence-corrected chi connectivity index (χ4v) is 3.23. The largest absolute Gasteiger partial charge is 0.356 e. The second-order valence-electron chi connectivity index (χ2n) is 6.90. The zero-order chi connectivity index (χ0) is 20.5.